The van der Waals surface area contributed by atoms with Crippen molar-refractivity contribution in [1.29, 1.82) is 0 Å². The molecular formula is C34H33NO7S. The van der Waals surface area contributed by atoms with Crippen LogP contribution in [0, 0.1) is 5.92 Å². The second-order valence-corrected chi connectivity index (χ2v) is 11.8. The van der Waals surface area contributed by atoms with Crippen LogP contribution in [0.2, 0.25) is 0 Å². The number of fused-ring (bicyclic) bond motifs is 3. The fourth-order valence-electron chi connectivity index (χ4n) is 5.56. The fourth-order valence-corrected chi connectivity index (χ4v) is 6.51. The number of ether oxygens (including phenoxy) is 2. The van der Waals surface area contributed by atoms with Gasteiger partial charge in [0.2, 0.25) is 0 Å². The lowest BCUT2D eigenvalue weighted by molar-refractivity contribution is -0.149. The van der Waals surface area contributed by atoms with Crippen molar-refractivity contribution in [2.75, 3.05) is 19.8 Å². The van der Waals surface area contributed by atoms with E-state index in [1.54, 1.807) is 37.3 Å². The Labute approximate surface area is 251 Å². The number of benzene rings is 4. The average Bonchev–Trinajstić information content (AvgIpc) is 3.34. The van der Waals surface area contributed by atoms with Crippen LogP contribution in [0.1, 0.15) is 41.9 Å². The van der Waals surface area contributed by atoms with Crippen LogP contribution in [0.5, 0.6) is 5.75 Å². The zero-order chi connectivity index (χ0) is 30.4. The van der Waals surface area contributed by atoms with Crippen LogP contribution in [0.4, 0.5) is 0 Å². The Hall–Kier alpha value is -4.47. The molecule has 0 spiro atoms. The van der Waals surface area contributed by atoms with E-state index in [-0.39, 0.29) is 42.7 Å². The Morgan fingerprint density at radius 3 is 1.95 bits per heavy atom. The molecule has 222 valence electrons. The summed E-state index contributed by atoms with van der Waals surface area (Å²) in [4.78, 5) is 26.3. The average molecular weight is 600 g/mol. The molecule has 8 nitrogen and oxygen atoms in total. The van der Waals surface area contributed by atoms with Gasteiger partial charge >= 0.3 is 22.1 Å². The molecule has 0 bridgehead atoms. The van der Waals surface area contributed by atoms with Crippen molar-refractivity contribution in [3.63, 3.8) is 0 Å². The third kappa shape index (κ3) is 6.63. The molecule has 0 aliphatic heterocycles. The molecule has 0 heterocycles. The van der Waals surface area contributed by atoms with Crippen LogP contribution in [-0.2, 0) is 29.2 Å². The van der Waals surface area contributed by atoms with E-state index in [1.165, 1.54) is 24.3 Å². The minimum atomic E-state index is -4.05. The lowest BCUT2D eigenvalue weighted by Crippen LogP contribution is -2.32. The number of carbonyl (C=O) groups excluding carboxylic acids is 2. The van der Waals surface area contributed by atoms with Crippen molar-refractivity contribution < 1.29 is 31.7 Å². The Kier molecular flexibility index (Phi) is 9.23. The number of hydrogen-bond acceptors (Lipinski definition) is 8. The highest BCUT2D eigenvalue weighted by Crippen LogP contribution is 2.45. The molecule has 2 unspecified atom stereocenters. The predicted octanol–water partition coefficient (Wildman–Crippen LogP) is 5.42. The van der Waals surface area contributed by atoms with E-state index < -0.39 is 33.9 Å². The molecule has 4 aromatic carbocycles. The highest BCUT2D eigenvalue weighted by molar-refractivity contribution is 7.87. The summed E-state index contributed by atoms with van der Waals surface area (Å²) in [5, 5.41) is 0. The van der Waals surface area contributed by atoms with Gasteiger partial charge in [-0.15, -0.1) is 0 Å². The molecule has 0 saturated carbocycles. The van der Waals surface area contributed by atoms with Gasteiger partial charge in [-0.1, -0.05) is 78.9 Å². The maximum atomic E-state index is 13.8. The molecule has 5 rings (SSSR count). The largest absolute Gasteiger partial charge is 0.466 e. The van der Waals surface area contributed by atoms with Gasteiger partial charge in [-0.25, -0.2) is 0 Å². The molecule has 0 aromatic heterocycles. The Bertz CT molecular complexity index is 1640. The topological polar surface area (TPSA) is 122 Å². The highest BCUT2D eigenvalue weighted by Gasteiger charge is 2.35. The molecule has 2 atom stereocenters. The number of carbonyl (C=O) groups is 2. The van der Waals surface area contributed by atoms with E-state index in [1.807, 2.05) is 36.4 Å². The maximum absolute atomic E-state index is 13.8. The van der Waals surface area contributed by atoms with Crippen LogP contribution in [0.25, 0.3) is 11.1 Å². The quantitative estimate of drug-likeness (QED) is 0.169. The Morgan fingerprint density at radius 2 is 1.37 bits per heavy atom. The molecule has 4 aromatic rings. The van der Waals surface area contributed by atoms with Crippen molar-refractivity contribution in [2.24, 2.45) is 11.7 Å². The SMILES string of the molecule is CCOC(=O)CC(CN)C(C(=O)OCC1c2ccccc2-c2ccccc21)c1ccc(OS(=O)(=O)c2ccccc2)cc1. The van der Waals surface area contributed by atoms with Crippen molar-refractivity contribution in [3.8, 4) is 16.9 Å². The van der Waals surface area contributed by atoms with Crippen LogP contribution < -0.4 is 9.92 Å². The first kappa shape index (κ1) is 30.0. The van der Waals surface area contributed by atoms with E-state index in [2.05, 4.69) is 12.1 Å². The van der Waals surface area contributed by atoms with Gasteiger partial charge in [-0.05, 0) is 71.5 Å². The van der Waals surface area contributed by atoms with Gasteiger partial charge in [0, 0.05) is 5.92 Å². The molecular weight excluding hydrogens is 566 g/mol. The molecule has 2 N–H and O–H groups in total. The number of esters is 2. The van der Waals surface area contributed by atoms with Crippen LogP contribution in [0.15, 0.2) is 108 Å². The van der Waals surface area contributed by atoms with Gasteiger partial charge in [-0.3, -0.25) is 9.59 Å². The van der Waals surface area contributed by atoms with Gasteiger partial charge in [0.1, 0.15) is 17.3 Å². The van der Waals surface area contributed by atoms with Crippen molar-refractivity contribution in [2.45, 2.75) is 30.1 Å². The zero-order valence-electron chi connectivity index (χ0n) is 23.7. The van der Waals surface area contributed by atoms with Crippen molar-refractivity contribution >= 4 is 22.1 Å². The number of nitrogens with two attached hydrogens (primary N) is 1. The third-order valence-electron chi connectivity index (χ3n) is 7.59. The van der Waals surface area contributed by atoms with Crippen LogP contribution in [-0.4, -0.2) is 40.1 Å². The van der Waals surface area contributed by atoms with Gasteiger partial charge in [0.15, 0.2) is 0 Å². The third-order valence-corrected chi connectivity index (χ3v) is 8.86. The Balaban J connectivity index is 1.39. The molecule has 1 aliphatic rings. The first-order valence-electron chi connectivity index (χ1n) is 14.1. The molecule has 0 fully saturated rings. The Morgan fingerprint density at radius 1 is 0.791 bits per heavy atom. The van der Waals surface area contributed by atoms with Gasteiger partial charge in [0.05, 0.1) is 18.9 Å². The van der Waals surface area contributed by atoms with E-state index in [4.69, 9.17) is 19.4 Å². The monoisotopic (exact) mass is 599 g/mol. The molecule has 1 aliphatic carbocycles. The number of rotatable bonds is 12. The first-order valence-corrected chi connectivity index (χ1v) is 15.5. The van der Waals surface area contributed by atoms with E-state index in [0.29, 0.717) is 5.56 Å². The van der Waals surface area contributed by atoms with Crippen LogP contribution in [0.3, 0.4) is 0 Å². The highest BCUT2D eigenvalue weighted by atomic mass is 32.2. The second kappa shape index (κ2) is 13.2. The summed E-state index contributed by atoms with van der Waals surface area (Å²) in [5.74, 6) is -2.59. The first-order chi connectivity index (χ1) is 20.8. The lowest BCUT2D eigenvalue weighted by Gasteiger charge is -2.25. The summed E-state index contributed by atoms with van der Waals surface area (Å²) in [6.45, 7) is 2.04. The number of hydrogen-bond donors (Lipinski definition) is 1. The molecule has 0 saturated heterocycles. The van der Waals surface area contributed by atoms with Crippen molar-refractivity contribution in [3.05, 3.63) is 120 Å². The summed E-state index contributed by atoms with van der Waals surface area (Å²) >= 11 is 0. The molecule has 0 amide bonds. The lowest BCUT2D eigenvalue weighted by atomic mass is 9.83. The van der Waals surface area contributed by atoms with Crippen molar-refractivity contribution in [1.82, 2.24) is 0 Å². The predicted molar refractivity (Wildman–Crippen MR) is 162 cm³/mol. The van der Waals surface area contributed by atoms with E-state index >= 15 is 0 Å². The van der Waals surface area contributed by atoms with Gasteiger partial charge in [-0.2, -0.15) is 8.42 Å². The minimum absolute atomic E-state index is 0.0215. The smallest absolute Gasteiger partial charge is 0.339 e. The minimum Gasteiger partial charge on any atom is -0.466 e. The van der Waals surface area contributed by atoms with E-state index in [9.17, 15) is 18.0 Å². The standard InChI is InChI=1S/C34H33NO7S/c1-2-40-32(36)20-24(21-35)33(23-16-18-25(19-17-23)42-43(38,39)26-10-4-3-5-11-26)34(37)41-22-31-29-14-8-6-12-27(29)28-13-7-9-15-30(28)31/h3-19,24,31,33H,2,20-22,35H2,1H3. The van der Waals surface area contributed by atoms with Crippen LogP contribution >= 0.6 is 0 Å². The van der Waals surface area contributed by atoms with E-state index in [0.717, 1.165) is 22.3 Å². The summed E-state index contributed by atoms with van der Waals surface area (Å²) in [6.07, 6.45) is -0.0835. The van der Waals surface area contributed by atoms with Gasteiger partial charge in [0.25, 0.3) is 0 Å². The molecule has 9 heteroatoms. The second-order valence-electron chi connectivity index (χ2n) is 10.3. The summed E-state index contributed by atoms with van der Waals surface area (Å²) in [7, 11) is -4.05. The summed E-state index contributed by atoms with van der Waals surface area (Å²) in [5.41, 5.74) is 11.0. The molecule has 43 heavy (non-hydrogen) atoms. The summed E-state index contributed by atoms with van der Waals surface area (Å²) in [6, 6.07) is 30.0. The fraction of sp³-hybridized carbons (Fsp3) is 0.235. The zero-order valence-corrected chi connectivity index (χ0v) is 24.5. The van der Waals surface area contributed by atoms with Gasteiger partial charge < -0.3 is 19.4 Å². The normalized spacial score (nSPS) is 13.8. The summed E-state index contributed by atoms with van der Waals surface area (Å²) < 4.78 is 41.8. The molecule has 0 radical (unpaired) electrons. The maximum Gasteiger partial charge on any atom is 0.339 e.